The number of nitrogens with two attached hydrogens (primary N) is 1. The van der Waals surface area contributed by atoms with E-state index >= 15 is 0 Å². The molecule has 164 valence electrons. The maximum atomic E-state index is 11.2. The Hall–Kier alpha value is -1.30. The summed E-state index contributed by atoms with van der Waals surface area (Å²) in [5.41, 5.74) is 5.65. The van der Waals surface area contributed by atoms with Gasteiger partial charge in [-0.15, -0.1) is 0 Å². The minimum Gasteiger partial charge on any atom is -0.480 e. The third kappa shape index (κ3) is 11.5. The molecule has 0 amide bonds. The van der Waals surface area contributed by atoms with Crippen molar-refractivity contribution in [1.29, 1.82) is 0 Å². The molecule has 0 aromatic rings. The predicted molar refractivity (Wildman–Crippen MR) is 109 cm³/mol. The molecule has 1 aliphatic heterocycles. The Morgan fingerprint density at radius 1 is 0.786 bits per heavy atom. The average Bonchev–Trinajstić information content (AvgIpc) is 2.63. The van der Waals surface area contributed by atoms with Crippen LogP contribution in [0.4, 0.5) is 0 Å². The molecule has 10 nitrogen and oxygen atoms in total. The maximum absolute atomic E-state index is 11.2. The first kappa shape index (κ1) is 24.7. The number of carboxylic acids is 2. The summed E-state index contributed by atoms with van der Waals surface area (Å²) < 4.78 is 0. The fraction of sp³-hybridized carbons (Fsp3) is 0.889. The molecule has 0 aromatic heterocycles. The van der Waals surface area contributed by atoms with Crippen LogP contribution >= 0.6 is 0 Å². The molecule has 0 spiro atoms. The minimum absolute atomic E-state index is 0.0374. The molecule has 1 rings (SSSR count). The van der Waals surface area contributed by atoms with E-state index in [1.54, 1.807) is 0 Å². The fourth-order valence-electron chi connectivity index (χ4n) is 3.31. The molecule has 5 N–H and O–H groups in total. The third-order valence-corrected chi connectivity index (χ3v) is 5.00. The maximum Gasteiger partial charge on any atom is 0.317 e. The Kier molecular flexibility index (Phi) is 13.0. The van der Waals surface area contributed by atoms with E-state index in [2.05, 4.69) is 15.1 Å². The summed E-state index contributed by atoms with van der Waals surface area (Å²) in [5.74, 6) is -1.62. The predicted octanol–water partition coefficient (Wildman–Crippen LogP) is -2.05. The van der Waals surface area contributed by atoms with Gasteiger partial charge in [0.2, 0.25) is 0 Å². The Balaban J connectivity index is 2.81. The van der Waals surface area contributed by atoms with E-state index in [1.165, 1.54) is 0 Å². The molecule has 1 aliphatic rings. The highest BCUT2D eigenvalue weighted by Crippen LogP contribution is 2.01. The van der Waals surface area contributed by atoms with Gasteiger partial charge in [-0.05, 0) is 26.6 Å². The first-order valence-corrected chi connectivity index (χ1v) is 10.1. The second-order valence-electron chi connectivity index (χ2n) is 7.27. The van der Waals surface area contributed by atoms with Crippen molar-refractivity contribution in [3.8, 4) is 0 Å². The quantitative estimate of drug-likeness (QED) is 0.324. The van der Waals surface area contributed by atoms with Gasteiger partial charge in [0.15, 0.2) is 0 Å². The summed E-state index contributed by atoms with van der Waals surface area (Å²) in [6.07, 6.45) is 0.871. The summed E-state index contributed by atoms with van der Waals surface area (Å²) in [5, 5.41) is 21.6. The van der Waals surface area contributed by atoms with Crippen molar-refractivity contribution >= 4 is 11.9 Å². The number of rotatable bonds is 10. The summed E-state index contributed by atoms with van der Waals surface area (Å²) in [4.78, 5) is 31.0. The van der Waals surface area contributed by atoms with Gasteiger partial charge in [-0.1, -0.05) is 0 Å². The number of nitrogens with zero attached hydrogens (tertiary/aromatic N) is 4. The zero-order chi connectivity index (χ0) is 20.8. The van der Waals surface area contributed by atoms with Crippen molar-refractivity contribution in [2.45, 2.75) is 6.42 Å². The van der Waals surface area contributed by atoms with Crippen molar-refractivity contribution in [3.05, 3.63) is 0 Å². The number of aliphatic carboxylic acids is 2. The van der Waals surface area contributed by atoms with E-state index in [1.807, 2.05) is 16.8 Å². The van der Waals surface area contributed by atoms with Gasteiger partial charge in [0.25, 0.3) is 0 Å². The van der Waals surface area contributed by atoms with Crippen LogP contribution in [0, 0.1) is 0 Å². The molecule has 0 aromatic carbocycles. The highest BCUT2D eigenvalue weighted by molar-refractivity contribution is 5.69. The van der Waals surface area contributed by atoms with Crippen LogP contribution in [-0.4, -0.2) is 140 Å². The first-order chi connectivity index (χ1) is 13.4. The highest BCUT2D eigenvalue weighted by atomic mass is 16.4. The molecule has 0 unspecified atom stereocenters. The van der Waals surface area contributed by atoms with Gasteiger partial charge in [0, 0.05) is 65.4 Å². The number of hydrogen-bond donors (Lipinski definition) is 4. The van der Waals surface area contributed by atoms with Crippen molar-refractivity contribution in [1.82, 2.24) is 24.9 Å². The van der Waals surface area contributed by atoms with Crippen LogP contribution in [0.5, 0.6) is 0 Å². The second kappa shape index (κ2) is 14.7. The van der Waals surface area contributed by atoms with Crippen molar-refractivity contribution in [2.75, 3.05) is 98.7 Å². The van der Waals surface area contributed by atoms with Crippen LogP contribution in [0.25, 0.3) is 0 Å². The molecule has 1 heterocycles. The number of carboxylic acid groups (broad SMARTS) is 2. The van der Waals surface area contributed by atoms with Crippen LogP contribution in [0.2, 0.25) is 0 Å². The zero-order valence-corrected chi connectivity index (χ0v) is 17.2. The molecule has 0 saturated carbocycles. The van der Waals surface area contributed by atoms with Crippen LogP contribution in [0.1, 0.15) is 6.42 Å². The second-order valence-corrected chi connectivity index (χ2v) is 7.27. The Morgan fingerprint density at radius 2 is 1.18 bits per heavy atom. The van der Waals surface area contributed by atoms with E-state index in [4.69, 9.17) is 5.73 Å². The van der Waals surface area contributed by atoms with E-state index < -0.39 is 11.9 Å². The van der Waals surface area contributed by atoms with E-state index in [0.29, 0.717) is 32.7 Å². The lowest BCUT2D eigenvalue weighted by atomic mass is 10.3. The monoisotopic (exact) mass is 402 g/mol. The van der Waals surface area contributed by atoms with E-state index in [9.17, 15) is 19.8 Å². The van der Waals surface area contributed by atoms with Crippen molar-refractivity contribution in [3.63, 3.8) is 0 Å². The highest BCUT2D eigenvalue weighted by Gasteiger charge is 2.18. The first-order valence-electron chi connectivity index (χ1n) is 10.1. The number of nitrogens with one attached hydrogen (secondary N) is 1. The molecule has 0 aliphatic carbocycles. The molecule has 1 saturated heterocycles. The average molecular weight is 403 g/mol. The fourth-order valence-corrected chi connectivity index (χ4v) is 3.31. The van der Waals surface area contributed by atoms with E-state index in [-0.39, 0.29) is 13.1 Å². The normalized spacial score (nSPS) is 19.8. The largest absolute Gasteiger partial charge is 0.480 e. The standard InChI is InChI=1S/C18H38N6O4/c1-20-4-6-22-9-13-23(15-17(25)26)11-7-21(5-2-3-19)8-12-24(14-10-22)16-18(27)28/h20H,2-16,19H2,1H3,(H,25,26)(H,27,28). The van der Waals surface area contributed by atoms with Gasteiger partial charge in [-0.25, -0.2) is 0 Å². The van der Waals surface area contributed by atoms with Crippen LogP contribution in [0.3, 0.4) is 0 Å². The molecule has 28 heavy (non-hydrogen) atoms. The van der Waals surface area contributed by atoms with Crippen LogP contribution < -0.4 is 11.1 Å². The lowest BCUT2D eigenvalue weighted by molar-refractivity contribution is -0.139. The van der Waals surface area contributed by atoms with Crippen LogP contribution in [0.15, 0.2) is 0 Å². The summed E-state index contributed by atoms with van der Waals surface area (Å²) in [6, 6.07) is 0. The number of hydrogen-bond acceptors (Lipinski definition) is 8. The molecular formula is C18H38N6O4. The van der Waals surface area contributed by atoms with Gasteiger partial charge in [-0.3, -0.25) is 24.3 Å². The third-order valence-electron chi connectivity index (χ3n) is 5.00. The van der Waals surface area contributed by atoms with Gasteiger partial charge < -0.3 is 26.2 Å². The Morgan fingerprint density at radius 3 is 1.54 bits per heavy atom. The number of likely N-dealkylation sites (N-methyl/N-ethyl adjacent to an activating group) is 1. The molecule has 0 bridgehead atoms. The molecule has 0 atom stereocenters. The topological polar surface area (TPSA) is 126 Å². The van der Waals surface area contributed by atoms with Gasteiger partial charge in [-0.2, -0.15) is 0 Å². The Bertz CT molecular complexity index is 398. The van der Waals surface area contributed by atoms with E-state index in [0.717, 1.165) is 52.2 Å². The lowest BCUT2D eigenvalue weighted by Crippen LogP contribution is -2.48. The van der Waals surface area contributed by atoms with Gasteiger partial charge in [0.05, 0.1) is 13.1 Å². The minimum atomic E-state index is -0.810. The van der Waals surface area contributed by atoms with Crippen molar-refractivity contribution in [2.24, 2.45) is 5.73 Å². The smallest absolute Gasteiger partial charge is 0.317 e. The molecule has 1 fully saturated rings. The molecular weight excluding hydrogens is 364 g/mol. The number of carbonyl (C=O) groups is 2. The summed E-state index contributed by atoms with van der Waals surface area (Å²) >= 11 is 0. The zero-order valence-electron chi connectivity index (χ0n) is 17.2. The van der Waals surface area contributed by atoms with Crippen LogP contribution in [-0.2, 0) is 9.59 Å². The summed E-state index contributed by atoms with van der Waals surface area (Å²) in [7, 11) is 1.90. The van der Waals surface area contributed by atoms with Crippen molar-refractivity contribution < 1.29 is 19.8 Å². The SMILES string of the molecule is CNCCN1CCN(CC(=O)O)CCN(CCCN)CCN(CC(=O)O)CC1. The Labute approximate surface area is 168 Å². The van der Waals surface area contributed by atoms with Gasteiger partial charge >= 0.3 is 11.9 Å². The molecule has 10 heteroatoms. The van der Waals surface area contributed by atoms with Gasteiger partial charge in [0.1, 0.15) is 0 Å². The summed E-state index contributed by atoms with van der Waals surface area (Å²) in [6.45, 7) is 8.95. The molecule has 0 radical (unpaired) electrons. The lowest BCUT2D eigenvalue weighted by Gasteiger charge is -2.33.